The molecule has 0 spiro atoms. The van der Waals surface area contributed by atoms with Crippen LogP contribution in [-0.2, 0) is 0 Å². The molecule has 0 aromatic carbocycles. The number of nitrogens with zero attached hydrogens (tertiary/aromatic N) is 3. The van der Waals surface area contributed by atoms with Gasteiger partial charge in [0.2, 0.25) is 0 Å². The lowest BCUT2D eigenvalue weighted by Crippen LogP contribution is -1.82. The number of halogens is 1. The van der Waals surface area contributed by atoms with E-state index in [4.69, 9.17) is 11.6 Å². The quantitative estimate of drug-likeness (QED) is 0.760. The fourth-order valence-electron chi connectivity index (χ4n) is 0.893. The summed E-state index contributed by atoms with van der Waals surface area (Å²) < 4.78 is 4.84. The lowest BCUT2D eigenvalue weighted by Gasteiger charge is -2.01. The number of hydrogen-bond acceptors (Lipinski definition) is 5. The van der Waals surface area contributed by atoms with Gasteiger partial charge in [-0.3, -0.25) is 0 Å². The van der Waals surface area contributed by atoms with Gasteiger partial charge in [-0.15, -0.1) is 0 Å². The fraction of sp³-hybridized carbons (Fsp3) is 0.125. The summed E-state index contributed by atoms with van der Waals surface area (Å²) >= 11 is 8.73. The lowest BCUT2D eigenvalue weighted by atomic mass is 10.3. The van der Waals surface area contributed by atoms with Gasteiger partial charge in [0.1, 0.15) is 11.5 Å². The first-order valence-electron chi connectivity index (χ1n) is 3.82. The van der Waals surface area contributed by atoms with Crippen molar-refractivity contribution in [2.24, 2.45) is 0 Å². The molecular weight excluding hydrogens is 238 g/mol. The van der Waals surface area contributed by atoms with E-state index in [0.29, 0.717) is 5.15 Å². The predicted molar refractivity (Wildman–Crippen MR) is 58.0 cm³/mol. The molecule has 0 aliphatic heterocycles. The van der Waals surface area contributed by atoms with Crippen LogP contribution in [0, 0.1) is 6.92 Å². The van der Waals surface area contributed by atoms with Crippen LogP contribution in [-0.4, -0.2) is 14.3 Å². The molecule has 6 heteroatoms. The minimum atomic E-state index is 0.502. The largest absolute Gasteiger partial charge is 0.244 e. The second-order valence-electron chi connectivity index (χ2n) is 2.58. The van der Waals surface area contributed by atoms with Crippen molar-refractivity contribution in [2.45, 2.75) is 16.2 Å². The molecule has 0 saturated heterocycles. The average molecular weight is 244 g/mol. The minimum absolute atomic E-state index is 0.502. The van der Waals surface area contributed by atoms with Crippen LogP contribution in [0.15, 0.2) is 27.8 Å². The molecule has 72 valence electrons. The van der Waals surface area contributed by atoms with Crippen LogP contribution in [0.4, 0.5) is 0 Å². The third-order valence-electron chi connectivity index (χ3n) is 1.56. The van der Waals surface area contributed by atoms with Gasteiger partial charge in [0.25, 0.3) is 0 Å². The Labute approximate surface area is 94.7 Å². The van der Waals surface area contributed by atoms with Gasteiger partial charge in [-0.05, 0) is 30.1 Å². The molecule has 0 aliphatic rings. The molecular formula is C8H6ClN3S2. The first-order valence-corrected chi connectivity index (χ1v) is 5.79. The van der Waals surface area contributed by atoms with E-state index in [1.165, 1.54) is 11.5 Å². The first-order chi connectivity index (χ1) is 6.75. The van der Waals surface area contributed by atoms with Crippen molar-refractivity contribution in [3.05, 3.63) is 29.3 Å². The van der Waals surface area contributed by atoms with Gasteiger partial charge in [-0.25, -0.2) is 9.97 Å². The van der Waals surface area contributed by atoms with Gasteiger partial charge in [0.05, 0.1) is 0 Å². The van der Waals surface area contributed by atoms with E-state index in [1.807, 2.05) is 13.0 Å². The van der Waals surface area contributed by atoms with E-state index in [9.17, 15) is 0 Å². The molecule has 2 aromatic rings. The minimum Gasteiger partial charge on any atom is -0.244 e. The zero-order valence-electron chi connectivity index (χ0n) is 7.27. The summed E-state index contributed by atoms with van der Waals surface area (Å²) in [7, 11) is 0. The van der Waals surface area contributed by atoms with E-state index in [1.54, 1.807) is 24.3 Å². The molecule has 0 N–H and O–H groups in total. The maximum Gasteiger partial charge on any atom is 0.174 e. The van der Waals surface area contributed by atoms with E-state index in [2.05, 4.69) is 14.3 Å². The van der Waals surface area contributed by atoms with Crippen LogP contribution >= 0.6 is 34.9 Å². The SMILES string of the molecule is Cc1cnc(Cl)cc1Sc1ncns1. The van der Waals surface area contributed by atoms with E-state index >= 15 is 0 Å². The van der Waals surface area contributed by atoms with Crippen molar-refractivity contribution in [1.29, 1.82) is 0 Å². The zero-order valence-corrected chi connectivity index (χ0v) is 9.66. The summed E-state index contributed by atoms with van der Waals surface area (Å²) in [6.07, 6.45) is 3.30. The Balaban J connectivity index is 2.28. The zero-order chi connectivity index (χ0) is 9.97. The Kier molecular flexibility index (Phi) is 3.00. The van der Waals surface area contributed by atoms with Crippen LogP contribution in [0.1, 0.15) is 5.56 Å². The molecule has 2 heterocycles. The molecule has 0 unspecified atom stereocenters. The normalized spacial score (nSPS) is 10.4. The molecule has 0 bridgehead atoms. The van der Waals surface area contributed by atoms with Gasteiger partial charge >= 0.3 is 0 Å². The van der Waals surface area contributed by atoms with Crippen LogP contribution in [0.3, 0.4) is 0 Å². The second-order valence-corrected chi connectivity index (χ2v) is 5.04. The van der Waals surface area contributed by atoms with Gasteiger partial charge < -0.3 is 0 Å². The number of aromatic nitrogens is 3. The van der Waals surface area contributed by atoms with E-state index in [0.717, 1.165) is 14.8 Å². The molecule has 0 fully saturated rings. The summed E-state index contributed by atoms with van der Waals surface area (Å²) in [5.74, 6) is 0. The molecule has 2 rings (SSSR count). The molecule has 0 amide bonds. The Morgan fingerprint density at radius 1 is 1.43 bits per heavy atom. The smallest absolute Gasteiger partial charge is 0.174 e. The van der Waals surface area contributed by atoms with Crippen LogP contribution < -0.4 is 0 Å². The van der Waals surface area contributed by atoms with E-state index in [-0.39, 0.29) is 0 Å². The number of aryl methyl sites for hydroxylation is 1. The summed E-state index contributed by atoms with van der Waals surface area (Å²) in [6, 6.07) is 1.84. The van der Waals surface area contributed by atoms with Crippen LogP contribution in [0.25, 0.3) is 0 Å². The lowest BCUT2D eigenvalue weighted by molar-refractivity contribution is 1.17. The van der Waals surface area contributed by atoms with E-state index < -0.39 is 0 Å². The summed E-state index contributed by atoms with van der Waals surface area (Å²) in [4.78, 5) is 9.15. The molecule has 0 aliphatic carbocycles. The summed E-state index contributed by atoms with van der Waals surface area (Å²) in [5, 5.41) is 0.502. The third-order valence-corrected chi connectivity index (χ3v) is 3.64. The molecule has 2 aromatic heterocycles. The fourth-order valence-corrected chi connectivity index (χ4v) is 2.61. The van der Waals surface area contributed by atoms with Gasteiger partial charge in [-0.2, -0.15) is 4.37 Å². The van der Waals surface area contributed by atoms with Crippen molar-refractivity contribution >= 4 is 34.9 Å². The highest BCUT2D eigenvalue weighted by molar-refractivity contribution is 8.01. The van der Waals surface area contributed by atoms with Gasteiger partial charge in [0.15, 0.2) is 4.34 Å². The Morgan fingerprint density at radius 3 is 3.00 bits per heavy atom. The Hall–Kier alpha value is -0.650. The molecule has 0 radical (unpaired) electrons. The molecule has 0 atom stereocenters. The number of hydrogen-bond donors (Lipinski definition) is 0. The summed E-state index contributed by atoms with van der Waals surface area (Å²) in [5.41, 5.74) is 1.09. The maximum absolute atomic E-state index is 5.80. The number of pyridine rings is 1. The number of rotatable bonds is 2. The highest BCUT2D eigenvalue weighted by Crippen LogP contribution is 2.31. The molecule has 3 nitrogen and oxygen atoms in total. The topological polar surface area (TPSA) is 38.7 Å². The standard InChI is InChI=1S/C8H6ClN3S2/c1-5-3-10-7(9)2-6(5)13-8-11-4-12-14-8/h2-4H,1H3. The van der Waals surface area contributed by atoms with Gasteiger partial charge in [0, 0.05) is 11.1 Å². The van der Waals surface area contributed by atoms with Crippen molar-refractivity contribution in [3.8, 4) is 0 Å². The van der Waals surface area contributed by atoms with Gasteiger partial charge in [-0.1, -0.05) is 23.4 Å². The average Bonchev–Trinajstić information content (AvgIpc) is 2.64. The predicted octanol–water partition coefficient (Wildman–Crippen LogP) is 3.05. The highest BCUT2D eigenvalue weighted by atomic mass is 35.5. The maximum atomic E-state index is 5.80. The van der Waals surface area contributed by atoms with Crippen LogP contribution in [0.5, 0.6) is 0 Å². The van der Waals surface area contributed by atoms with Crippen molar-refractivity contribution in [1.82, 2.24) is 14.3 Å². The van der Waals surface area contributed by atoms with Crippen LogP contribution in [0.2, 0.25) is 5.15 Å². The Morgan fingerprint density at radius 2 is 2.29 bits per heavy atom. The monoisotopic (exact) mass is 243 g/mol. The highest BCUT2D eigenvalue weighted by Gasteiger charge is 2.05. The molecule has 0 saturated carbocycles. The van der Waals surface area contributed by atoms with Crippen molar-refractivity contribution in [2.75, 3.05) is 0 Å². The third kappa shape index (κ3) is 2.23. The Bertz CT molecular complexity index is 430. The molecule has 14 heavy (non-hydrogen) atoms. The second kappa shape index (κ2) is 4.25. The van der Waals surface area contributed by atoms with Crippen molar-refractivity contribution in [3.63, 3.8) is 0 Å². The van der Waals surface area contributed by atoms with Crippen molar-refractivity contribution < 1.29 is 0 Å². The summed E-state index contributed by atoms with van der Waals surface area (Å²) in [6.45, 7) is 1.99. The first kappa shape index (κ1) is 9.89.